The van der Waals surface area contributed by atoms with E-state index < -0.39 is 0 Å². The second-order valence-corrected chi connectivity index (χ2v) is 4.41. The van der Waals surface area contributed by atoms with Crippen molar-refractivity contribution in [2.24, 2.45) is 5.92 Å². The van der Waals surface area contributed by atoms with Crippen molar-refractivity contribution in [2.45, 2.75) is 26.2 Å². The first kappa shape index (κ1) is 8.04. The van der Waals surface area contributed by atoms with E-state index in [-0.39, 0.29) is 0 Å². The van der Waals surface area contributed by atoms with E-state index in [0.717, 1.165) is 11.4 Å². The number of fused-ring (bicyclic) bond motifs is 1. The molecular weight excluding hydrogens is 172 g/mol. The van der Waals surface area contributed by atoms with E-state index in [1.165, 1.54) is 23.3 Å². The zero-order valence-electron chi connectivity index (χ0n) is 8.54. The maximum absolute atomic E-state index is 4.67. The number of nitrogens with zero attached hydrogens (tertiary/aromatic N) is 1. The predicted molar refractivity (Wildman–Crippen MR) is 57.4 cm³/mol. The van der Waals surface area contributed by atoms with Crippen molar-refractivity contribution in [3.05, 3.63) is 29.6 Å². The zero-order valence-corrected chi connectivity index (χ0v) is 8.54. The molecule has 1 aliphatic carbocycles. The highest BCUT2D eigenvalue weighted by atomic mass is 14.9. The van der Waals surface area contributed by atoms with Gasteiger partial charge in [-0.15, -0.1) is 0 Å². The third-order valence-corrected chi connectivity index (χ3v) is 3.19. The first-order valence-corrected chi connectivity index (χ1v) is 5.21. The van der Waals surface area contributed by atoms with E-state index in [1.807, 2.05) is 0 Å². The van der Waals surface area contributed by atoms with Crippen LogP contribution in [0.15, 0.2) is 18.2 Å². The quantitative estimate of drug-likeness (QED) is 0.728. The average molecular weight is 186 g/mol. The van der Waals surface area contributed by atoms with Gasteiger partial charge >= 0.3 is 0 Å². The van der Waals surface area contributed by atoms with Crippen molar-refractivity contribution in [1.29, 1.82) is 0 Å². The topological polar surface area (TPSA) is 28.7 Å². The number of nitrogens with one attached hydrogen (secondary N) is 1. The Morgan fingerprint density at radius 2 is 2.21 bits per heavy atom. The zero-order chi connectivity index (χ0) is 9.71. The summed E-state index contributed by atoms with van der Waals surface area (Å²) in [6.45, 7) is 4.40. The molecule has 2 atom stereocenters. The minimum absolute atomic E-state index is 0.682. The van der Waals surface area contributed by atoms with Crippen molar-refractivity contribution in [1.82, 2.24) is 9.97 Å². The molecule has 1 saturated carbocycles. The Morgan fingerprint density at radius 3 is 2.86 bits per heavy atom. The predicted octanol–water partition coefficient (Wildman–Crippen LogP) is 2.99. The van der Waals surface area contributed by atoms with E-state index in [0.29, 0.717) is 5.92 Å². The van der Waals surface area contributed by atoms with Gasteiger partial charge < -0.3 is 4.98 Å². The van der Waals surface area contributed by atoms with E-state index in [2.05, 4.69) is 42.0 Å². The van der Waals surface area contributed by atoms with Gasteiger partial charge in [0.25, 0.3) is 0 Å². The van der Waals surface area contributed by atoms with Crippen LogP contribution in [-0.4, -0.2) is 9.97 Å². The maximum Gasteiger partial charge on any atom is 0.110 e. The van der Waals surface area contributed by atoms with Gasteiger partial charge in [0.05, 0.1) is 11.0 Å². The maximum atomic E-state index is 4.67. The van der Waals surface area contributed by atoms with E-state index in [4.69, 9.17) is 0 Å². The Labute approximate surface area is 83.4 Å². The van der Waals surface area contributed by atoms with Gasteiger partial charge in [-0.25, -0.2) is 4.98 Å². The number of hydrogen-bond donors (Lipinski definition) is 1. The van der Waals surface area contributed by atoms with Gasteiger partial charge in [0.2, 0.25) is 0 Å². The van der Waals surface area contributed by atoms with Crippen LogP contribution in [0.1, 0.15) is 30.7 Å². The summed E-state index contributed by atoms with van der Waals surface area (Å²) in [5.74, 6) is 2.68. The molecule has 3 rings (SSSR count). The van der Waals surface area contributed by atoms with E-state index >= 15 is 0 Å². The number of imidazole rings is 1. The van der Waals surface area contributed by atoms with Gasteiger partial charge in [-0.2, -0.15) is 0 Å². The third-order valence-electron chi connectivity index (χ3n) is 3.19. The lowest BCUT2D eigenvalue weighted by Gasteiger charge is -1.90. The van der Waals surface area contributed by atoms with Gasteiger partial charge in [0, 0.05) is 5.92 Å². The summed E-state index contributed by atoms with van der Waals surface area (Å²) < 4.78 is 0. The second-order valence-electron chi connectivity index (χ2n) is 4.41. The highest BCUT2D eigenvalue weighted by Crippen LogP contribution is 2.46. The number of aromatic amines is 1. The molecule has 2 unspecified atom stereocenters. The lowest BCUT2D eigenvalue weighted by molar-refractivity contribution is 0.867. The minimum Gasteiger partial charge on any atom is -0.342 e. The van der Waals surface area contributed by atoms with Crippen molar-refractivity contribution < 1.29 is 0 Å². The Morgan fingerprint density at radius 1 is 1.43 bits per heavy atom. The summed E-state index contributed by atoms with van der Waals surface area (Å²) in [6.07, 6.45) is 1.29. The molecule has 0 aliphatic heterocycles. The van der Waals surface area contributed by atoms with E-state index in [9.17, 15) is 0 Å². The summed E-state index contributed by atoms with van der Waals surface area (Å²) in [6, 6.07) is 6.30. The molecule has 1 aromatic heterocycles. The van der Waals surface area contributed by atoms with Gasteiger partial charge in [0.15, 0.2) is 0 Å². The number of aromatic nitrogens is 2. The fourth-order valence-electron chi connectivity index (χ4n) is 2.07. The van der Waals surface area contributed by atoms with Crippen LogP contribution in [0.25, 0.3) is 11.0 Å². The van der Waals surface area contributed by atoms with Crippen LogP contribution in [0.2, 0.25) is 0 Å². The number of para-hydroxylation sites is 1. The number of hydrogen-bond acceptors (Lipinski definition) is 1. The largest absolute Gasteiger partial charge is 0.342 e. The Bertz CT molecular complexity index is 484. The molecule has 1 heterocycles. The van der Waals surface area contributed by atoms with E-state index in [1.54, 1.807) is 0 Å². The standard InChI is InChI=1S/C12H14N2/c1-7-4-3-5-10-11(7)14-12(13-10)9-6-8(9)2/h3-5,8-9H,6H2,1-2H3,(H,13,14). The summed E-state index contributed by atoms with van der Waals surface area (Å²) in [7, 11) is 0. The number of benzene rings is 1. The Kier molecular flexibility index (Phi) is 1.49. The summed E-state index contributed by atoms with van der Waals surface area (Å²) in [4.78, 5) is 8.09. The first-order chi connectivity index (χ1) is 6.75. The van der Waals surface area contributed by atoms with Gasteiger partial charge in [-0.1, -0.05) is 19.1 Å². The average Bonchev–Trinajstić information content (AvgIpc) is 2.75. The lowest BCUT2D eigenvalue weighted by atomic mass is 10.2. The van der Waals surface area contributed by atoms with Crippen molar-refractivity contribution >= 4 is 11.0 Å². The highest BCUT2D eigenvalue weighted by molar-refractivity contribution is 5.78. The van der Waals surface area contributed by atoms with Crippen LogP contribution in [-0.2, 0) is 0 Å². The molecule has 72 valence electrons. The normalized spacial score (nSPS) is 25.6. The first-order valence-electron chi connectivity index (χ1n) is 5.21. The van der Waals surface area contributed by atoms with Crippen molar-refractivity contribution in [3.8, 4) is 0 Å². The molecule has 1 N–H and O–H groups in total. The van der Waals surface area contributed by atoms with Crippen LogP contribution in [0.3, 0.4) is 0 Å². The van der Waals surface area contributed by atoms with Crippen LogP contribution in [0.4, 0.5) is 0 Å². The monoisotopic (exact) mass is 186 g/mol. The van der Waals surface area contributed by atoms with Crippen molar-refractivity contribution in [2.75, 3.05) is 0 Å². The number of rotatable bonds is 1. The number of H-pyrrole nitrogens is 1. The molecule has 2 heteroatoms. The smallest absolute Gasteiger partial charge is 0.110 e. The second kappa shape index (κ2) is 2.59. The third kappa shape index (κ3) is 1.07. The molecule has 2 nitrogen and oxygen atoms in total. The highest BCUT2D eigenvalue weighted by Gasteiger charge is 2.36. The Hall–Kier alpha value is -1.31. The molecule has 0 saturated heterocycles. The van der Waals surface area contributed by atoms with Gasteiger partial charge in [0.1, 0.15) is 5.82 Å². The lowest BCUT2D eigenvalue weighted by Crippen LogP contribution is -1.83. The molecule has 1 fully saturated rings. The molecular formula is C12H14N2. The summed E-state index contributed by atoms with van der Waals surface area (Å²) in [5.41, 5.74) is 3.58. The SMILES string of the molecule is Cc1cccc2[nH]c(C3CC3C)nc12. The van der Waals surface area contributed by atoms with Crippen LogP contribution in [0.5, 0.6) is 0 Å². The van der Waals surface area contributed by atoms with Gasteiger partial charge in [-0.05, 0) is 30.9 Å². The molecule has 1 aliphatic rings. The molecule has 1 aromatic carbocycles. The molecule has 14 heavy (non-hydrogen) atoms. The van der Waals surface area contributed by atoms with Crippen molar-refractivity contribution in [3.63, 3.8) is 0 Å². The Balaban J connectivity index is 2.16. The summed E-state index contributed by atoms with van der Waals surface area (Å²) >= 11 is 0. The molecule has 0 bridgehead atoms. The van der Waals surface area contributed by atoms with Gasteiger partial charge in [-0.3, -0.25) is 0 Å². The van der Waals surface area contributed by atoms with Crippen LogP contribution >= 0.6 is 0 Å². The molecule has 0 amide bonds. The fraction of sp³-hybridized carbons (Fsp3) is 0.417. The number of aryl methyl sites for hydroxylation is 1. The van der Waals surface area contributed by atoms with Crippen LogP contribution < -0.4 is 0 Å². The molecule has 0 spiro atoms. The minimum atomic E-state index is 0.682. The summed E-state index contributed by atoms with van der Waals surface area (Å²) in [5, 5.41) is 0. The molecule has 2 aromatic rings. The molecule has 0 radical (unpaired) electrons. The van der Waals surface area contributed by atoms with Crippen LogP contribution in [0, 0.1) is 12.8 Å². The fourth-order valence-corrected chi connectivity index (χ4v) is 2.07.